The number of pyridine rings is 1. The minimum Gasteiger partial charge on any atom is -0.383 e. The van der Waals surface area contributed by atoms with Gasteiger partial charge in [0.2, 0.25) is 0 Å². The maximum atomic E-state index is 13.0. The van der Waals surface area contributed by atoms with Crippen molar-refractivity contribution in [1.29, 1.82) is 0 Å². The zero-order valence-electron chi connectivity index (χ0n) is 8.37. The number of nitrogens with zero attached hydrogens (tertiary/aromatic N) is 1. The molecule has 1 aromatic carbocycles. The molecule has 0 saturated carbocycles. The number of hydrogen-bond donors (Lipinski definition) is 1. The summed E-state index contributed by atoms with van der Waals surface area (Å²) >= 11 is 0. The molecular weight excluding hydrogens is 191 g/mol. The summed E-state index contributed by atoms with van der Waals surface area (Å²) in [6.45, 7) is 1.88. The van der Waals surface area contributed by atoms with Crippen molar-refractivity contribution in [2.24, 2.45) is 0 Å². The van der Waals surface area contributed by atoms with E-state index in [0.29, 0.717) is 5.82 Å². The molecule has 0 amide bonds. The first-order chi connectivity index (χ1) is 7.16. The number of aryl methyl sites for hydroxylation is 1. The molecule has 2 N–H and O–H groups in total. The van der Waals surface area contributed by atoms with Gasteiger partial charge in [-0.3, -0.25) is 0 Å². The topological polar surface area (TPSA) is 38.9 Å². The molecule has 0 unspecified atom stereocenters. The highest BCUT2D eigenvalue weighted by Crippen LogP contribution is 2.21. The summed E-state index contributed by atoms with van der Waals surface area (Å²) in [5, 5.41) is 0. The molecule has 0 spiro atoms. The quantitative estimate of drug-likeness (QED) is 0.772. The fourth-order valence-corrected chi connectivity index (χ4v) is 1.41. The first kappa shape index (κ1) is 9.65. The van der Waals surface area contributed by atoms with Gasteiger partial charge in [-0.05, 0) is 36.2 Å². The molecule has 0 saturated heterocycles. The number of rotatable bonds is 1. The van der Waals surface area contributed by atoms with Gasteiger partial charge in [-0.2, -0.15) is 0 Å². The van der Waals surface area contributed by atoms with E-state index in [4.69, 9.17) is 5.73 Å². The van der Waals surface area contributed by atoms with Crippen molar-refractivity contribution in [3.63, 3.8) is 0 Å². The zero-order valence-corrected chi connectivity index (χ0v) is 8.37. The highest BCUT2D eigenvalue weighted by molar-refractivity contribution is 5.65. The Labute approximate surface area is 87.6 Å². The van der Waals surface area contributed by atoms with Gasteiger partial charge in [-0.1, -0.05) is 12.1 Å². The van der Waals surface area contributed by atoms with Crippen LogP contribution in [0.2, 0.25) is 0 Å². The molecule has 0 fully saturated rings. The van der Waals surface area contributed by atoms with Crippen LogP contribution >= 0.6 is 0 Å². The van der Waals surface area contributed by atoms with Crippen LogP contribution in [0.3, 0.4) is 0 Å². The van der Waals surface area contributed by atoms with Gasteiger partial charge in [0.25, 0.3) is 0 Å². The van der Waals surface area contributed by atoms with Crippen LogP contribution in [0.25, 0.3) is 11.1 Å². The Kier molecular flexibility index (Phi) is 2.37. The molecule has 76 valence electrons. The van der Waals surface area contributed by atoms with Gasteiger partial charge >= 0.3 is 0 Å². The van der Waals surface area contributed by atoms with Crippen molar-refractivity contribution in [2.45, 2.75) is 6.92 Å². The van der Waals surface area contributed by atoms with Crippen LogP contribution in [0.4, 0.5) is 10.2 Å². The number of nitrogen functional groups attached to an aromatic ring is 1. The first-order valence-electron chi connectivity index (χ1n) is 4.65. The third kappa shape index (κ3) is 1.96. The van der Waals surface area contributed by atoms with Crippen molar-refractivity contribution in [3.8, 4) is 11.1 Å². The lowest BCUT2D eigenvalue weighted by molar-refractivity contribution is 0.628. The Hall–Kier alpha value is -1.90. The Bertz CT molecular complexity index is 495. The maximum absolute atomic E-state index is 13.0. The van der Waals surface area contributed by atoms with E-state index >= 15 is 0 Å². The zero-order chi connectivity index (χ0) is 10.8. The van der Waals surface area contributed by atoms with E-state index in [-0.39, 0.29) is 5.82 Å². The maximum Gasteiger partial charge on any atom is 0.126 e. The van der Waals surface area contributed by atoms with Crippen molar-refractivity contribution >= 4 is 5.82 Å². The second-order valence-corrected chi connectivity index (χ2v) is 3.44. The second-order valence-electron chi connectivity index (χ2n) is 3.44. The Morgan fingerprint density at radius 3 is 2.67 bits per heavy atom. The summed E-state index contributed by atoms with van der Waals surface area (Å²) in [5.41, 5.74) is 8.20. The predicted molar refractivity (Wildman–Crippen MR) is 58.8 cm³/mol. The molecule has 0 aliphatic heterocycles. The largest absolute Gasteiger partial charge is 0.383 e. The molecule has 3 heteroatoms. The normalized spacial score (nSPS) is 10.3. The molecule has 0 atom stereocenters. The number of benzene rings is 1. The highest BCUT2D eigenvalue weighted by atomic mass is 19.1. The lowest BCUT2D eigenvalue weighted by Crippen LogP contribution is -1.94. The van der Waals surface area contributed by atoms with E-state index in [9.17, 15) is 4.39 Å². The molecule has 1 heterocycles. The van der Waals surface area contributed by atoms with Gasteiger partial charge in [-0.25, -0.2) is 9.37 Å². The summed E-state index contributed by atoms with van der Waals surface area (Å²) in [4.78, 5) is 4.04. The minimum atomic E-state index is -0.248. The monoisotopic (exact) mass is 202 g/mol. The second kappa shape index (κ2) is 3.69. The lowest BCUT2D eigenvalue weighted by Gasteiger charge is -2.04. The molecule has 15 heavy (non-hydrogen) atoms. The molecule has 2 rings (SSSR count). The Morgan fingerprint density at radius 1 is 1.20 bits per heavy atom. The van der Waals surface area contributed by atoms with Crippen LogP contribution in [0.5, 0.6) is 0 Å². The van der Waals surface area contributed by atoms with Gasteiger partial charge in [0, 0.05) is 11.8 Å². The standard InChI is InChI=1S/C12H11FN2/c1-8-5-10(7-15-12(8)14)9-3-2-4-11(13)6-9/h2-7H,1H3,(H2,14,15). The third-order valence-corrected chi connectivity index (χ3v) is 2.28. The summed E-state index contributed by atoms with van der Waals surface area (Å²) in [6, 6.07) is 8.32. The van der Waals surface area contributed by atoms with Crippen LogP contribution in [0, 0.1) is 12.7 Å². The summed E-state index contributed by atoms with van der Waals surface area (Å²) in [7, 11) is 0. The highest BCUT2D eigenvalue weighted by Gasteiger charge is 2.01. The Balaban J connectivity index is 2.50. The number of hydrogen-bond acceptors (Lipinski definition) is 2. The molecule has 0 aliphatic rings. The van der Waals surface area contributed by atoms with Crippen molar-refractivity contribution in [3.05, 3.63) is 47.9 Å². The van der Waals surface area contributed by atoms with E-state index in [1.165, 1.54) is 12.1 Å². The number of halogens is 1. The van der Waals surface area contributed by atoms with Crippen LogP contribution in [-0.2, 0) is 0 Å². The summed E-state index contributed by atoms with van der Waals surface area (Å²) in [5.74, 6) is 0.261. The third-order valence-electron chi connectivity index (χ3n) is 2.28. The number of aromatic nitrogens is 1. The smallest absolute Gasteiger partial charge is 0.126 e. The fourth-order valence-electron chi connectivity index (χ4n) is 1.41. The molecule has 2 nitrogen and oxygen atoms in total. The van der Waals surface area contributed by atoms with E-state index in [1.54, 1.807) is 12.3 Å². The van der Waals surface area contributed by atoms with Gasteiger partial charge < -0.3 is 5.73 Å². The fraction of sp³-hybridized carbons (Fsp3) is 0.0833. The van der Waals surface area contributed by atoms with Gasteiger partial charge in [-0.15, -0.1) is 0 Å². The molecule has 2 aromatic rings. The van der Waals surface area contributed by atoms with Crippen molar-refractivity contribution < 1.29 is 4.39 Å². The summed E-state index contributed by atoms with van der Waals surface area (Å²) in [6.07, 6.45) is 1.65. The molecule has 0 radical (unpaired) electrons. The lowest BCUT2D eigenvalue weighted by atomic mass is 10.1. The van der Waals surface area contributed by atoms with Crippen molar-refractivity contribution in [2.75, 3.05) is 5.73 Å². The Morgan fingerprint density at radius 2 is 2.00 bits per heavy atom. The average molecular weight is 202 g/mol. The number of nitrogens with two attached hydrogens (primary N) is 1. The van der Waals surface area contributed by atoms with E-state index in [1.807, 2.05) is 19.1 Å². The summed E-state index contributed by atoms with van der Waals surface area (Å²) < 4.78 is 13.0. The van der Waals surface area contributed by atoms with Crippen LogP contribution in [0.1, 0.15) is 5.56 Å². The molecule has 0 bridgehead atoms. The molecular formula is C12H11FN2. The minimum absolute atomic E-state index is 0.248. The molecule has 0 aliphatic carbocycles. The van der Waals surface area contributed by atoms with Crippen LogP contribution < -0.4 is 5.73 Å². The molecule has 1 aromatic heterocycles. The van der Waals surface area contributed by atoms with E-state index in [0.717, 1.165) is 16.7 Å². The van der Waals surface area contributed by atoms with Gasteiger partial charge in [0.1, 0.15) is 11.6 Å². The predicted octanol–water partition coefficient (Wildman–Crippen LogP) is 2.78. The van der Waals surface area contributed by atoms with E-state index in [2.05, 4.69) is 4.98 Å². The average Bonchev–Trinajstić information content (AvgIpc) is 2.22. The first-order valence-corrected chi connectivity index (χ1v) is 4.65. The van der Waals surface area contributed by atoms with Crippen LogP contribution in [-0.4, -0.2) is 4.98 Å². The number of anilines is 1. The SMILES string of the molecule is Cc1cc(-c2cccc(F)c2)cnc1N. The van der Waals surface area contributed by atoms with Gasteiger partial charge in [0.05, 0.1) is 0 Å². The van der Waals surface area contributed by atoms with Crippen molar-refractivity contribution in [1.82, 2.24) is 4.98 Å². The van der Waals surface area contributed by atoms with Crippen LogP contribution in [0.15, 0.2) is 36.5 Å². The van der Waals surface area contributed by atoms with Gasteiger partial charge in [0.15, 0.2) is 0 Å². The van der Waals surface area contributed by atoms with E-state index < -0.39 is 0 Å².